The van der Waals surface area contributed by atoms with Gasteiger partial charge in [-0.25, -0.2) is 18.4 Å². The van der Waals surface area contributed by atoms with Crippen LogP contribution < -0.4 is 15.1 Å². The van der Waals surface area contributed by atoms with Gasteiger partial charge in [-0.2, -0.15) is 4.31 Å². The van der Waals surface area contributed by atoms with Gasteiger partial charge in [-0.3, -0.25) is 4.79 Å². The first-order chi connectivity index (χ1) is 17.8. The van der Waals surface area contributed by atoms with Gasteiger partial charge in [-0.05, 0) is 26.0 Å². The molecule has 0 spiro atoms. The first kappa shape index (κ1) is 27.0. The maximum Gasteiger partial charge on any atom is 0.281 e. The Morgan fingerprint density at radius 1 is 1.11 bits per heavy atom. The van der Waals surface area contributed by atoms with Crippen LogP contribution in [0.25, 0.3) is 22.4 Å². The molecular weight excluding hydrogens is 502 g/mol. The summed E-state index contributed by atoms with van der Waals surface area (Å²) in [5.74, 6) is 0.300. The second-order valence-corrected chi connectivity index (χ2v) is 10.3. The third kappa shape index (κ3) is 5.46. The summed E-state index contributed by atoms with van der Waals surface area (Å²) >= 11 is 0. The number of methoxy groups -OCH3 is 1. The summed E-state index contributed by atoms with van der Waals surface area (Å²) in [5.41, 5.74) is 0.841. The van der Waals surface area contributed by atoms with Crippen molar-refractivity contribution in [2.24, 2.45) is 0 Å². The van der Waals surface area contributed by atoms with E-state index in [2.05, 4.69) is 31.9 Å². The summed E-state index contributed by atoms with van der Waals surface area (Å²) in [6, 6.07) is 1.45. The molecule has 0 aromatic carbocycles. The second kappa shape index (κ2) is 11.5. The predicted molar refractivity (Wildman–Crippen MR) is 136 cm³/mol. The van der Waals surface area contributed by atoms with E-state index < -0.39 is 15.6 Å². The van der Waals surface area contributed by atoms with E-state index in [1.54, 1.807) is 14.0 Å². The smallest absolute Gasteiger partial charge is 0.281 e. The Morgan fingerprint density at radius 3 is 2.51 bits per heavy atom. The van der Waals surface area contributed by atoms with E-state index in [1.165, 1.54) is 16.6 Å². The van der Waals surface area contributed by atoms with Crippen molar-refractivity contribution in [1.82, 2.24) is 34.1 Å². The number of hydrogen-bond acceptors (Lipinski definition) is 10. The molecule has 0 bridgehead atoms. The Bertz CT molecular complexity index is 1400. The molecule has 0 atom stereocenters. The van der Waals surface area contributed by atoms with Crippen molar-refractivity contribution < 1.29 is 22.7 Å². The van der Waals surface area contributed by atoms with E-state index in [0.29, 0.717) is 57.0 Å². The molecule has 4 rings (SSSR count). The summed E-state index contributed by atoms with van der Waals surface area (Å²) < 4.78 is 39.0. The average molecular weight is 536 g/mol. The molecule has 1 aliphatic heterocycles. The van der Waals surface area contributed by atoms with Crippen LogP contribution in [0.2, 0.25) is 0 Å². The summed E-state index contributed by atoms with van der Waals surface area (Å²) in [6.45, 7) is 9.53. The van der Waals surface area contributed by atoms with Crippen molar-refractivity contribution >= 4 is 21.1 Å². The SMILES string of the molecule is CCOc1ncc(S(=O)(=O)N2CCN(CC)CC2)cc1-c1nc2c(CC)nn(OCCOC)c2c(=O)[nH]1. The number of piperazine rings is 1. The lowest BCUT2D eigenvalue weighted by atomic mass is 10.2. The van der Waals surface area contributed by atoms with Gasteiger partial charge in [-0.15, -0.1) is 5.10 Å². The fourth-order valence-electron chi connectivity index (χ4n) is 4.15. The quantitative estimate of drug-likeness (QED) is 0.345. The Balaban J connectivity index is 1.78. The molecule has 37 heavy (non-hydrogen) atoms. The molecule has 1 saturated heterocycles. The van der Waals surface area contributed by atoms with Gasteiger partial charge in [-0.1, -0.05) is 18.7 Å². The highest BCUT2D eigenvalue weighted by Crippen LogP contribution is 2.30. The highest BCUT2D eigenvalue weighted by molar-refractivity contribution is 7.89. The lowest BCUT2D eigenvalue weighted by Gasteiger charge is -2.33. The standard InChI is InChI=1S/C23H33N7O6S/c1-5-18-19-20(30(27-18)36-13-12-34-4)22(31)26-21(25-19)17-14-16(15-24-23(17)35-7-3)37(32,33)29-10-8-28(6-2)9-11-29/h14-15H,5-13H2,1-4H3,(H,25,26,31). The summed E-state index contributed by atoms with van der Waals surface area (Å²) in [6.07, 6.45) is 1.79. The number of rotatable bonds is 11. The number of likely N-dealkylation sites (N-methyl/N-ethyl adjacent to an activating group) is 1. The van der Waals surface area contributed by atoms with E-state index in [0.717, 1.165) is 11.4 Å². The average Bonchev–Trinajstić information content (AvgIpc) is 3.27. The van der Waals surface area contributed by atoms with Crippen molar-refractivity contribution in [3.05, 3.63) is 28.3 Å². The van der Waals surface area contributed by atoms with Crippen LogP contribution in [0.4, 0.5) is 0 Å². The van der Waals surface area contributed by atoms with Crippen LogP contribution in [0.5, 0.6) is 5.88 Å². The zero-order valence-corrected chi connectivity index (χ0v) is 22.4. The first-order valence-corrected chi connectivity index (χ1v) is 13.8. The third-order valence-electron chi connectivity index (χ3n) is 6.19. The Kier molecular flexibility index (Phi) is 8.42. The molecule has 1 N–H and O–H groups in total. The first-order valence-electron chi connectivity index (χ1n) is 12.3. The minimum Gasteiger partial charge on any atom is -0.477 e. The van der Waals surface area contributed by atoms with E-state index in [9.17, 15) is 13.2 Å². The predicted octanol–water partition coefficient (Wildman–Crippen LogP) is 0.544. The third-order valence-corrected chi connectivity index (χ3v) is 8.05. The number of aryl methyl sites for hydroxylation is 1. The van der Waals surface area contributed by atoms with Gasteiger partial charge >= 0.3 is 0 Å². The molecule has 1 fully saturated rings. The minimum absolute atomic E-state index is 0.00737. The molecule has 0 saturated carbocycles. The molecule has 0 amide bonds. The van der Waals surface area contributed by atoms with Crippen LogP contribution in [-0.4, -0.2) is 102 Å². The van der Waals surface area contributed by atoms with E-state index in [1.807, 2.05) is 6.92 Å². The van der Waals surface area contributed by atoms with Gasteiger partial charge in [0.25, 0.3) is 5.56 Å². The lowest BCUT2D eigenvalue weighted by Crippen LogP contribution is -2.48. The molecule has 4 heterocycles. The molecule has 3 aromatic heterocycles. The molecule has 14 heteroatoms. The number of hydrogen-bond donors (Lipinski definition) is 1. The molecule has 0 aliphatic carbocycles. The van der Waals surface area contributed by atoms with Crippen molar-refractivity contribution in [3.8, 4) is 17.3 Å². The van der Waals surface area contributed by atoms with E-state index in [-0.39, 0.29) is 34.3 Å². The Labute approximate surface area is 215 Å². The monoisotopic (exact) mass is 535 g/mol. The Morgan fingerprint density at radius 2 is 1.86 bits per heavy atom. The van der Waals surface area contributed by atoms with E-state index in [4.69, 9.17) is 14.3 Å². The normalized spacial score (nSPS) is 15.4. The van der Waals surface area contributed by atoms with Crippen LogP contribution in [-0.2, 0) is 21.2 Å². The topological polar surface area (TPSA) is 145 Å². The van der Waals surface area contributed by atoms with Gasteiger partial charge < -0.3 is 24.2 Å². The van der Waals surface area contributed by atoms with E-state index >= 15 is 0 Å². The number of aromatic amines is 1. The van der Waals surface area contributed by atoms with Crippen LogP contribution in [0, 0.1) is 0 Å². The fourth-order valence-corrected chi connectivity index (χ4v) is 5.54. The number of pyridine rings is 1. The van der Waals surface area contributed by atoms with Gasteiger partial charge in [0.05, 0.1) is 30.7 Å². The minimum atomic E-state index is -3.81. The number of H-pyrrole nitrogens is 1. The van der Waals surface area contributed by atoms with Gasteiger partial charge in [0.2, 0.25) is 15.9 Å². The van der Waals surface area contributed by atoms with Crippen LogP contribution in [0.15, 0.2) is 22.0 Å². The summed E-state index contributed by atoms with van der Waals surface area (Å²) in [5, 5.41) is 4.37. The second-order valence-electron chi connectivity index (χ2n) is 8.41. The number of aromatic nitrogens is 5. The van der Waals surface area contributed by atoms with Crippen molar-refractivity contribution in [2.45, 2.75) is 32.1 Å². The van der Waals surface area contributed by atoms with Crippen molar-refractivity contribution in [3.63, 3.8) is 0 Å². The largest absolute Gasteiger partial charge is 0.477 e. The maximum absolute atomic E-state index is 13.4. The highest BCUT2D eigenvalue weighted by atomic mass is 32.2. The van der Waals surface area contributed by atoms with Gasteiger partial charge in [0.15, 0.2) is 5.52 Å². The van der Waals surface area contributed by atoms with Crippen molar-refractivity contribution in [1.29, 1.82) is 0 Å². The maximum atomic E-state index is 13.4. The van der Waals surface area contributed by atoms with Crippen LogP contribution >= 0.6 is 0 Å². The molecule has 202 valence electrons. The number of sulfonamides is 1. The molecule has 1 aliphatic rings. The van der Waals surface area contributed by atoms with Crippen LogP contribution in [0.1, 0.15) is 26.5 Å². The van der Waals surface area contributed by atoms with Crippen LogP contribution in [0.3, 0.4) is 0 Å². The number of nitrogens with one attached hydrogen (secondary N) is 1. The summed E-state index contributed by atoms with van der Waals surface area (Å²) in [7, 11) is -2.26. The number of ether oxygens (including phenoxy) is 2. The molecule has 13 nitrogen and oxygen atoms in total. The molecule has 0 radical (unpaired) electrons. The number of nitrogens with zero attached hydrogens (tertiary/aromatic N) is 6. The van der Waals surface area contributed by atoms with Gasteiger partial charge in [0, 0.05) is 33.3 Å². The molecule has 0 unspecified atom stereocenters. The summed E-state index contributed by atoms with van der Waals surface area (Å²) in [4.78, 5) is 33.7. The number of fused-ring (bicyclic) bond motifs is 1. The lowest BCUT2D eigenvalue weighted by molar-refractivity contribution is 0.0454. The molecular formula is C23H33N7O6S. The van der Waals surface area contributed by atoms with Gasteiger partial charge in [0.1, 0.15) is 22.8 Å². The fraction of sp³-hybridized carbons (Fsp3) is 0.565. The Hall–Kier alpha value is -3.07. The zero-order valence-electron chi connectivity index (χ0n) is 21.6. The van der Waals surface area contributed by atoms with Crippen molar-refractivity contribution in [2.75, 3.05) is 59.7 Å². The zero-order chi connectivity index (χ0) is 26.6. The highest BCUT2D eigenvalue weighted by Gasteiger charge is 2.30. The molecule has 3 aromatic rings.